The van der Waals surface area contributed by atoms with Crippen LogP contribution in [0.5, 0.6) is 0 Å². The maximum Gasteiger partial charge on any atom is 0.252 e. The lowest BCUT2D eigenvalue weighted by Gasteiger charge is -2.40. The van der Waals surface area contributed by atoms with Crippen LogP contribution in [0.15, 0.2) is 24.8 Å². The molecular formula is C19H26N8O. The first kappa shape index (κ1) is 18.4. The highest BCUT2D eigenvalue weighted by Gasteiger charge is 2.33. The van der Waals surface area contributed by atoms with Crippen LogP contribution in [0.3, 0.4) is 0 Å². The molecule has 28 heavy (non-hydrogen) atoms. The van der Waals surface area contributed by atoms with Gasteiger partial charge in [-0.05, 0) is 25.3 Å². The number of amides is 1. The molecule has 1 aliphatic rings. The van der Waals surface area contributed by atoms with Crippen LogP contribution in [0.4, 0.5) is 5.69 Å². The predicted molar refractivity (Wildman–Crippen MR) is 107 cm³/mol. The van der Waals surface area contributed by atoms with Gasteiger partial charge in [0.25, 0.3) is 5.91 Å². The molecule has 1 atom stereocenters. The molecule has 0 spiro atoms. The molecule has 4 heterocycles. The first-order chi connectivity index (χ1) is 13.4. The van der Waals surface area contributed by atoms with Crippen molar-refractivity contribution in [3.05, 3.63) is 30.4 Å². The maximum absolute atomic E-state index is 12.1. The second-order valence-electron chi connectivity index (χ2n) is 7.93. The Labute approximate surface area is 163 Å². The van der Waals surface area contributed by atoms with Crippen LogP contribution >= 0.6 is 0 Å². The fourth-order valence-electron chi connectivity index (χ4n) is 3.68. The summed E-state index contributed by atoms with van der Waals surface area (Å²) in [5, 5.41) is 15.6. The number of fused-ring (bicyclic) bond motifs is 1. The average molecular weight is 382 g/mol. The van der Waals surface area contributed by atoms with E-state index < -0.39 is 5.91 Å². The first-order valence-electron chi connectivity index (χ1n) is 9.57. The van der Waals surface area contributed by atoms with E-state index in [1.807, 2.05) is 24.0 Å². The number of aromatic nitrogens is 5. The van der Waals surface area contributed by atoms with Crippen molar-refractivity contribution in [1.29, 1.82) is 0 Å². The largest absolute Gasteiger partial charge is 0.378 e. The number of piperidine rings is 1. The zero-order valence-electron chi connectivity index (χ0n) is 16.4. The van der Waals surface area contributed by atoms with E-state index in [1.54, 1.807) is 10.7 Å². The number of aryl methyl sites for hydroxylation is 1. The summed E-state index contributed by atoms with van der Waals surface area (Å²) in [7, 11) is 0. The lowest BCUT2D eigenvalue weighted by molar-refractivity contribution is 0.100. The molecular weight excluding hydrogens is 356 g/mol. The summed E-state index contributed by atoms with van der Waals surface area (Å²) in [6.07, 6.45) is 8.02. The zero-order chi connectivity index (χ0) is 19.9. The number of carbonyl (C=O) groups excluding carboxylic acids is 1. The van der Waals surface area contributed by atoms with Gasteiger partial charge in [0, 0.05) is 30.9 Å². The fourth-order valence-corrected chi connectivity index (χ4v) is 3.68. The molecule has 4 rings (SSSR count). The van der Waals surface area contributed by atoms with Gasteiger partial charge in [-0.1, -0.05) is 13.8 Å². The summed E-state index contributed by atoms with van der Waals surface area (Å²) in [4.78, 5) is 16.8. The van der Waals surface area contributed by atoms with Crippen molar-refractivity contribution in [3.63, 3.8) is 0 Å². The number of hydrogen-bond acceptors (Lipinski definition) is 6. The number of primary amides is 1. The van der Waals surface area contributed by atoms with Crippen molar-refractivity contribution in [3.8, 4) is 11.3 Å². The molecule has 9 nitrogen and oxygen atoms in total. The normalized spacial score (nSPS) is 19.0. The van der Waals surface area contributed by atoms with E-state index in [4.69, 9.17) is 10.7 Å². The highest BCUT2D eigenvalue weighted by atomic mass is 16.1. The molecule has 0 unspecified atom stereocenters. The van der Waals surface area contributed by atoms with Gasteiger partial charge in [0.15, 0.2) is 5.65 Å². The molecule has 0 aliphatic carbocycles. The highest BCUT2D eigenvalue weighted by molar-refractivity contribution is 6.01. The highest BCUT2D eigenvalue weighted by Crippen LogP contribution is 2.32. The molecule has 1 amide bonds. The Morgan fingerprint density at radius 3 is 2.86 bits per heavy atom. The predicted octanol–water partition coefficient (Wildman–Crippen LogP) is 1.51. The smallest absolute Gasteiger partial charge is 0.252 e. The number of nitrogens with zero attached hydrogens (tertiary/aromatic N) is 5. The van der Waals surface area contributed by atoms with Crippen molar-refractivity contribution in [2.24, 2.45) is 11.1 Å². The number of nitrogens with two attached hydrogens (primary N) is 1. The monoisotopic (exact) mass is 382 g/mol. The molecule has 1 saturated heterocycles. The van der Waals surface area contributed by atoms with Crippen molar-refractivity contribution in [2.75, 3.05) is 18.4 Å². The standard InChI is InChI=1S/C19H26N8O/c1-4-26-9-12(7-22-26)14-10-27-18(24-14)16(13(8-23-27)17(20)28)25-15-5-6-21-11-19(15,2)3/h7-10,15,21,25H,4-6,11H2,1-3H3,(H2,20,28)/t15-/m1/s1. The Hall–Kier alpha value is -2.94. The van der Waals surface area contributed by atoms with E-state index in [0.29, 0.717) is 16.9 Å². The van der Waals surface area contributed by atoms with Gasteiger partial charge in [0.2, 0.25) is 0 Å². The molecule has 3 aromatic heterocycles. The van der Waals surface area contributed by atoms with Crippen molar-refractivity contribution in [1.82, 2.24) is 29.7 Å². The molecule has 3 aromatic rings. The Morgan fingerprint density at radius 2 is 2.18 bits per heavy atom. The van der Waals surface area contributed by atoms with Gasteiger partial charge in [-0.25, -0.2) is 9.50 Å². The molecule has 1 aliphatic heterocycles. The second-order valence-corrected chi connectivity index (χ2v) is 7.93. The molecule has 4 N–H and O–H groups in total. The summed E-state index contributed by atoms with van der Waals surface area (Å²) in [5.74, 6) is -0.521. The lowest BCUT2D eigenvalue weighted by Crippen LogP contribution is -2.50. The zero-order valence-corrected chi connectivity index (χ0v) is 16.4. The van der Waals surface area contributed by atoms with Gasteiger partial charge in [-0.3, -0.25) is 9.48 Å². The molecule has 0 bridgehead atoms. The van der Waals surface area contributed by atoms with Gasteiger partial charge < -0.3 is 16.4 Å². The van der Waals surface area contributed by atoms with Crippen LogP contribution in [0.25, 0.3) is 16.9 Å². The maximum atomic E-state index is 12.1. The summed E-state index contributed by atoms with van der Waals surface area (Å²) >= 11 is 0. The molecule has 0 saturated carbocycles. The number of nitrogens with one attached hydrogen (secondary N) is 2. The van der Waals surface area contributed by atoms with Gasteiger partial charge >= 0.3 is 0 Å². The van der Waals surface area contributed by atoms with E-state index in [1.165, 1.54) is 6.20 Å². The van der Waals surface area contributed by atoms with E-state index in [-0.39, 0.29) is 11.5 Å². The second kappa shape index (κ2) is 6.90. The van der Waals surface area contributed by atoms with E-state index in [9.17, 15) is 4.79 Å². The summed E-state index contributed by atoms with van der Waals surface area (Å²) < 4.78 is 3.53. The SMILES string of the molecule is CCn1cc(-c2cn3ncc(C(N)=O)c(N[C@@H]4CCNCC4(C)C)c3n2)cn1. The number of anilines is 1. The Kier molecular flexibility index (Phi) is 4.54. The van der Waals surface area contributed by atoms with Gasteiger partial charge in [-0.15, -0.1) is 0 Å². The van der Waals surface area contributed by atoms with Crippen LogP contribution in [-0.2, 0) is 6.54 Å². The fraction of sp³-hybridized carbons (Fsp3) is 0.474. The van der Waals surface area contributed by atoms with Crippen LogP contribution in [-0.4, -0.2) is 49.4 Å². The summed E-state index contributed by atoms with van der Waals surface area (Å²) in [5.41, 5.74) is 8.88. The molecule has 0 aromatic carbocycles. The average Bonchev–Trinajstić information content (AvgIpc) is 3.29. The molecule has 0 radical (unpaired) electrons. The first-order valence-corrected chi connectivity index (χ1v) is 9.57. The minimum Gasteiger partial charge on any atom is -0.378 e. The quantitative estimate of drug-likeness (QED) is 0.616. The number of imidazole rings is 1. The van der Waals surface area contributed by atoms with Crippen LogP contribution < -0.4 is 16.4 Å². The minimum atomic E-state index is -0.521. The molecule has 9 heteroatoms. The summed E-state index contributed by atoms with van der Waals surface area (Å²) in [6, 6.07) is 0.182. The Bertz CT molecular complexity index is 1020. The lowest BCUT2D eigenvalue weighted by atomic mass is 9.80. The van der Waals surface area contributed by atoms with Gasteiger partial charge in [0.1, 0.15) is 0 Å². The van der Waals surface area contributed by atoms with Crippen molar-refractivity contribution in [2.45, 2.75) is 39.8 Å². The third-order valence-corrected chi connectivity index (χ3v) is 5.46. The van der Waals surface area contributed by atoms with E-state index in [2.05, 4.69) is 34.7 Å². The van der Waals surface area contributed by atoms with Gasteiger partial charge in [0.05, 0.1) is 35.5 Å². The van der Waals surface area contributed by atoms with E-state index >= 15 is 0 Å². The third kappa shape index (κ3) is 3.22. The molecule has 1 fully saturated rings. The van der Waals surface area contributed by atoms with Crippen LogP contribution in [0, 0.1) is 5.41 Å². The topological polar surface area (TPSA) is 115 Å². The number of carbonyl (C=O) groups is 1. The number of hydrogen-bond donors (Lipinski definition) is 3. The van der Waals surface area contributed by atoms with E-state index in [0.717, 1.165) is 37.3 Å². The molecule has 148 valence electrons. The van der Waals surface area contributed by atoms with Crippen LogP contribution in [0.2, 0.25) is 0 Å². The van der Waals surface area contributed by atoms with Crippen LogP contribution in [0.1, 0.15) is 37.6 Å². The minimum absolute atomic E-state index is 0.0190. The Balaban J connectivity index is 1.80. The van der Waals surface area contributed by atoms with Gasteiger partial charge in [-0.2, -0.15) is 10.2 Å². The summed E-state index contributed by atoms with van der Waals surface area (Å²) in [6.45, 7) is 9.04. The van der Waals surface area contributed by atoms with Crippen molar-refractivity contribution < 1.29 is 4.79 Å². The Morgan fingerprint density at radius 1 is 1.36 bits per heavy atom. The number of rotatable bonds is 5. The van der Waals surface area contributed by atoms with Crippen molar-refractivity contribution >= 4 is 17.2 Å². The third-order valence-electron chi connectivity index (χ3n) is 5.46.